The number of para-hydroxylation sites is 1. The average Bonchev–Trinajstić information content (AvgIpc) is 3.26. The molecule has 156 valence electrons. The summed E-state index contributed by atoms with van der Waals surface area (Å²) < 4.78 is 36.2. The van der Waals surface area contributed by atoms with E-state index in [1.165, 1.54) is 32.4 Å². The molecule has 0 unspecified atom stereocenters. The SMILES string of the molecule is COC(=O)c1cccc(C=O)c1NCc1ccsc1S(=O)(=O)c1ccc(OC)cc1. The molecule has 0 atom stereocenters. The first kappa shape index (κ1) is 21.5. The van der Waals surface area contributed by atoms with E-state index in [4.69, 9.17) is 9.47 Å². The summed E-state index contributed by atoms with van der Waals surface area (Å²) in [5.74, 6) is -0.0413. The molecule has 0 radical (unpaired) electrons. The van der Waals surface area contributed by atoms with Crippen LogP contribution in [0.3, 0.4) is 0 Å². The Kier molecular flexibility index (Phi) is 6.53. The van der Waals surface area contributed by atoms with Gasteiger partial charge in [0.25, 0.3) is 0 Å². The van der Waals surface area contributed by atoms with Gasteiger partial charge in [-0.15, -0.1) is 11.3 Å². The number of sulfone groups is 1. The van der Waals surface area contributed by atoms with Gasteiger partial charge in [-0.1, -0.05) is 6.07 Å². The Labute approximate surface area is 178 Å². The van der Waals surface area contributed by atoms with E-state index < -0.39 is 15.8 Å². The van der Waals surface area contributed by atoms with Gasteiger partial charge in [-0.25, -0.2) is 13.2 Å². The third-order valence-corrected chi connectivity index (χ3v) is 7.74. The lowest BCUT2D eigenvalue weighted by Gasteiger charge is -2.13. The summed E-state index contributed by atoms with van der Waals surface area (Å²) in [5, 5.41) is 4.70. The molecule has 30 heavy (non-hydrogen) atoms. The highest BCUT2D eigenvalue weighted by molar-refractivity contribution is 7.93. The second-order valence-electron chi connectivity index (χ2n) is 6.15. The van der Waals surface area contributed by atoms with Crippen molar-refractivity contribution in [2.45, 2.75) is 15.6 Å². The number of carbonyl (C=O) groups is 2. The van der Waals surface area contributed by atoms with Crippen LogP contribution in [0, 0.1) is 0 Å². The van der Waals surface area contributed by atoms with E-state index in [-0.39, 0.29) is 26.8 Å². The molecule has 3 aromatic rings. The third kappa shape index (κ3) is 4.22. The van der Waals surface area contributed by atoms with Gasteiger partial charge < -0.3 is 14.8 Å². The maximum atomic E-state index is 13.1. The minimum Gasteiger partial charge on any atom is -0.497 e. The fourth-order valence-corrected chi connectivity index (χ4v) is 5.68. The first-order valence-electron chi connectivity index (χ1n) is 8.78. The number of carbonyl (C=O) groups excluding carboxylic acids is 2. The zero-order valence-corrected chi connectivity index (χ0v) is 17.9. The Hall–Kier alpha value is -3.17. The fraction of sp³-hybridized carbons (Fsp3) is 0.143. The number of aldehydes is 1. The molecule has 0 fully saturated rings. The van der Waals surface area contributed by atoms with Crippen molar-refractivity contribution in [2.75, 3.05) is 19.5 Å². The normalized spacial score (nSPS) is 11.0. The van der Waals surface area contributed by atoms with E-state index >= 15 is 0 Å². The lowest BCUT2D eigenvalue weighted by Crippen LogP contribution is -2.12. The maximum absolute atomic E-state index is 13.1. The Bertz CT molecular complexity index is 1170. The van der Waals surface area contributed by atoms with Crippen LogP contribution in [0.4, 0.5) is 5.69 Å². The van der Waals surface area contributed by atoms with E-state index in [1.807, 2.05) is 0 Å². The molecule has 1 aromatic heterocycles. The van der Waals surface area contributed by atoms with E-state index in [9.17, 15) is 18.0 Å². The number of methoxy groups -OCH3 is 2. The molecule has 7 nitrogen and oxygen atoms in total. The van der Waals surface area contributed by atoms with E-state index in [2.05, 4.69) is 5.32 Å². The number of rotatable bonds is 8. The molecule has 0 aliphatic heterocycles. The molecule has 0 saturated carbocycles. The lowest BCUT2D eigenvalue weighted by atomic mass is 10.1. The highest BCUT2D eigenvalue weighted by atomic mass is 32.2. The lowest BCUT2D eigenvalue weighted by molar-refractivity contribution is 0.0601. The minimum atomic E-state index is -3.74. The number of hydrogen-bond donors (Lipinski definition) is 1. The molecule has 1 heterocycles. The molecular formula is C21H19NO6S2. The zero-order valence-electron chi connectivity index (χ0n) is 16.2. The standard InChI is InChI=1S/C21H19NO6S2/c1-27-16-6-8-17(9-7-16)30(25,26)21-14(10-11-29-21)12-22-19-15(13-23)4-3-5-18(19)20(24)28-2/h3-11,13,22H,12H2,1-2H3. The van der Waals surface area contributed by atoms with Gasteiger partial charge in [0.2, 0.25) is 9.84 Å². The molecule has 1 N–H and O–H groups in total. The Balaban J connectivity index is 1.92. The van der Waals surface area contributed by atoms with Crippen molar-refractivity contribution in [1.82, 2.24) is 0 Å². The maximum Gasteiger partial charge on any atom is 0.339 e. The summed E-state index contributed by atoms with van der Waals surface area (Å²) in [6.45, 7) is 0.100. The monoisotopic (exact) mass is 445 g/mol. The van der Waals surface area contributed by atoms with Crippen molar-refractivity contribution in [3.63, 3.8) is 0 Å². The van der Waals surface area contributed by atoms with Gasteiger partial charge in [0.05, 0.1) is 30.4 Å². The molecule has 0 aliphatic rings. The summed E-state index contributed by atoms with van der Waals surface area (Å²) in [4.78, 5) is 23.6. The summed E-state index contributed by atoms with van der Waals surface area (Å²) >= 11 is 1.10. The second kappa shape index (κ2) is 9.10. The van der Waals surface area contributed by atoms with E-state index in [0.29, 0.717) is 23.3 Å². The van der Waals surface area contributed by atoms with Crippen LogP contribution in [0.25, 0.3) is 0 Å². The van der Waals surface area contributed by atoms with Crippen LogP contribution in [-0.2, 0) is 21.1 Å². The van der Waals surface area contributed by atoms with Gasteiger partial charge in [0, 0.05) is 17.7 Å². The van der Waals surface area contributed by atoms with Crippen LogP contribution in [0.1, 0.15) is 26.3 Å². The number of thiophene rings is 1. The predicted octanol–water partition coefficient (Wildman–Crippen LogP) is 3.80. The van der Waals surface area contributed by atoms with Crippen LogP contribution >= 0.6 is 11.3 Å². The molecule has 2 aromatic carbocycles. The van der Waals surface area contributed by atoms with Crippen LogP contribution in [0.2, 0.25) is 0 Å². The van der Waals surface area contributed by atoms with Crippen LogP contribution < -0.4 is 10.1 Å². The summed E-state index contributed by atoms with van der Waals surface area (Å²) in [5.41, 5.74) is 1.27. The first-order valence-corrected chi connectivity index (χ1v) is 11.1. The second-order valence-corrected chi connectivity index (χ2v) is 9.21. The van der Waals surface area contributed by atoms with Crippen molar-refractivity contribution >= 4 is 39.1 Å². The molecule has 0 spiro atoms. The summed E-state index contributed by atoms with van der Waals surface area (Å²) in [6.07, 6.45) is 0.622. The number of ether oxygens (including phenoxy) is 2. The molecule has 0 saturated heterocycles. The van der Waals surface area contributed by atoms with Gasteiger partial charge in [-0.3, -0.25) is 4.79 Å². The zero-order chi connectivity index (χ0) is 21.7. The molecule has 0 aliphatic carbocycles. The van der Waals surface area contributed by atoms with Crippen molar-refractivity contribution in [3.05, 3.63) is 70.6 Å². The smallest absolute Gasteiger partial charge is 0.339 e. The van der Waals surface area contributed by atoms with Crippen LogP contribution in [0.5, 0.6) is 5.75 Å². The average molecular weight is 446 g/mol. The Morgan fingerprint density at radius 1 is 1.10 bits per heavy atom. The highest BCUT2D eigenvalue weighted by Gasteiger charge is 2.23. The Morgan fingerprint density at radius 3 is 2.47 bits per heavy atom. The van der Waals surface area contributed by atoms with Gasteiger partial charge in [-0.05, 0) is 47.8 Å². The minimum absolute atomic E-state index is 0.100. The number of benzene rings is 2. The summed E-state index contributed by atoms with van der Waals surface area (Å²) in [7, 11) is -0.986. The molecule has 0 amide bonds. The predicted molar refractivity (Wildman–Crippen MR) is 113 cm³/mol. The van der Waals surface area contributed by atoms with Crippen molar-refractivity contribution in [3.8, 4) is 5.75 Å². The number of nitrogens with one attached hydrogen (secondary N) is 1. The highest BCUT2D eigenvalue weighted by Crippen LogP contribution is 2.31. The molecule has 9 heteroatoms. The van der Waals surface area contributed by atoms with Crippen molar-refractivity contribution < 1.29 is 27.5 Å². The van der Waals surface area contributed by atoms with Gasteiger partial charge in [0.15, 0.2) is 6.29 Å². The van der Waals surface area contributed by atoms with Crippen LogP contribution in [0.15, 0.2) is 63.0 Å². The van der Waals surface area contributed by atoms with Crippen molar-refractivity contribution in [2.24, 2.45) is 0 Å². The quantitative estimate of drug-likeness (QED) is 0.416. The fourth-order valence-electron chi connectivity index (χ4n) is 2.88. The van der Waals surface area contributed by atoms with Gasteiger partial charge in [-0.2, -0.15) is 0 Å². The van der Waals surface area contributed by atoms with Crippen LogP contribution in [-0.4, -0.2) is 34.9 Å². The molecule has 3 rings (SSSR count). The number of hydrogen-bond acceptors (Lipinski definition) is 8. The van der Waals surface area contributed by atoms with Gasteiger partial charge >= 0.3 is 5.97 Å². The Morgan fingerprint density at radius 2 is 1.83 bits per heavy atom. The van der Waals surface area contributed by atoms with Crippen molar-refractivity contribution in [1.29, 1.82) is 0 Å². The number of anilines is 1. The molecule has 0 bridgehead atoms. The van der Waals surface area contributed by atoms with Gasteiger partial charge in [0.1, 0.15) is 9.96 Å². The topological polar surface area (TPSA) is 98.8 Å². The van der Waals surface area contributed by atoms with E-state index in [0.717, 1.165) is 11.3 Å². The van der Waals surface area contributed by atoms with E-state index in [1.54, 1.807) is 35.7 Å². The summed E-state index contributed by atoms with van der Waals surface area (Å²) in [6, 6.07) is 12.5. The molecular weight excluding hydrogens is 426 g/mol. The largest absolute Gasteiger partial charge is 0.497 e. The number of esters is 1. The third-order valence-electron chi connectivity index (χ3n) is 4.40. The first-order chi connectivity index (χ1) is 14.4.